The van der Waals surface area contributed by atoms with E-state index in [1.54, 1.807) is 37.8 Å². The standard InChI is InChI=1S/C12H18N2O4/c1-4-17-11(15)10(12(16)18-5-2)8-9-6-7-14(3)13-9/h6-7,10H,4-5,8H2,1-3H3. The Balaban J connectivity index is 2.76. The van der Waals surface area contributed by atoms with E-state index in [2.05, 4.69) is 5.10 Å². The Labute approximate surface area is 106 Å². The maximum absolute atomic E-state index is 11.7. The molecule has 0 atom stereocenters. The Hall–Kier alpha value is -1.85. The predicted molar refractivity (Wildman–Crippen MR) is 63.7 cm³/mol. The summed E-state index contributed by atoms with van der Waals surface area (Å²) in [6.45, 7) is 3.86. The first kappa shape index (κ1) is 14.2. The molecule has 0 saturated heterocycles. The zero-order valence-corrected chi connectivity index (χ0v) is 10.9. The van der Waals surface area contributed by atoms with Gasteiger partial charge in [-0.25, -0.2) is 0 Å². The quantitative estimate of drug-likeness (QED) is 0.552. The molecule has 0 aliphatic carbocycles. The van der Waals surface area contributed by atoms with Gasteiger partial charge in [0.25, 0.3) is 0 Å². The van der Waals surface area contributed by atoms with E-state index in [4.69, 9.17) is 9.47 Å². The second kappa shape index (κ2) is 6.78. The molecule has 6 heteroatoms. The van der Waals surface area contributed by atoms with Crippen LogP contribution >= 0.6 is 0 Å². The van der Waals surface area contributed by atoms with Gasteiger partial charge >= 0.3 is 11.9 Å². The van der Waals surface area contributed by atoms with Crippen LogP contribution < -0.4 is 0 Å². The van der Waals surface area contributed by atoms with Crippen LogP contribution in [-0.2, 0) is 32.5 Å². The molecule has 0 unspecified atom stereocenters. The molecule has 0 spiro atoms. The Kier molecular flexibility index (Phi) is 5.35. The lowest BCUT2D eigenvalue weighted by Gasteiger charge is -2.12. The maximum atomic E-state index is 11.7. The molecule has 100 valence electrons. The number of carbonyl (C=O) groups excluding carboxylic acids is 2. The summed E-state index contributed by atoms with van der Waals surface area (Å²) in [6, 6.07) is 1.76. The van der Waals surface area contributed by atoms with Crippen LogP contribution in [0.25, 0.3) is 0 Å². The van der Waals surface area contributed by atoms with Gasteiger partial charge in [0.1, 0.15) is 0 Å². The molecule has 0 bridgehead atoms. The molecule has 1 rings (SSSR count). The van der Waals surface area contributed by atoms with E-state index in [1.807, 2.05) is 0 Å². The zero-order chi connectivity index (χ0) is 13.5. The molecule has 1 aromatic heterocycles. The van der Waals surface area contributed by atoms with Crippen molar-refractivity contribution in [1.29, 1.82) is 0 Å². The van der Waals surface area contributed by atoms with E-state index in [9.17, 15) is 9.59 Å². The number of rotatable bonds is 6. The number of hydrogen-bond acceptors (Lipinski definition) is 5. The fraction of sp³-hybridized carbons (Fsp3) is 0.583. The summed E-state index contributed by atoms with van der Waals surface area (Å²) in [6.07, 6.45) is 1.95. The number of aryl methyl sites for hydroxylation is 1. The summed E-state index contributed by atoms with van der Waals surface area (Å²) in [5.74, 6) is -2.08. The van der Waals surface area contributed by atoms with Crippen molar-refractivity contribution in [2.24, 2.45) is 13.0 Å². The molecular formula is C12H18N2O4. The van der Waals surface area contributed by atoms with E-state index >= 15 is 0 Å². The highest BCUT2D eigenvalue weighted by molar-refractivity contribution is 5.95. The molecule has 0 amide bonds. The molecule has 0 aliphatic heterocycles. The summed E-state index contributed by atoms with van der Waals surface area (Å²) in [7, 11) is 1.77. The van der Waals surface area contributed by atoms with Crippen LogP contribution in [0.5, 0.6) is 0 Å². The van der Waals surface area contributed by atoms with Gasteiger partial charge in [-0.3, -0.25) is 14.3 Å². The molecule has 1 heterocycles. The van der Waals surface area contributed by atoms with Crippen molar-refractivity contribution in [2.45, 2.75) is 20.3 Å². The molecule has 0 radical (unpaired) electrons. The lowest BCUT2D eigenvalue weighted by molar-refractivity contribution is -0.161. The second-order valence-electron chi connectivity index (χ2n) is 3.74. The first-order chi connectivity index (χ1) is 8.58. The van der Waals surface area contributed by atoms with E-state index in [1.165, 1.54) is 0 Å². The number of aromatic nitrogens is 2. The minimum absolute atomic E-state index is 0.193. The van der Waals surface area contributed by atoms with E-state index in [0.29, 0.717) is 5.69 Å². The van der Waals surface area contributed by atoms with Gasteiger partial charge in [0, 0.05) is 19.7 Å². The lowest BCUT2D eigenvalue weighted by atomic mass is 10.0. The first-order valence-corrected chi connectivity index (χ1v) is 5.90. The largest absolute Gasteiger partial charge is 0.465 e. The van der Waals surface area contributed by atoms with Gasteiger partial charge in [-0.2, -0.15) is 5.10 Å². The molecule has 6 nitrogen and oxygen atoms in total. The monoisotopic (exact) mass is 254 g/mol. The average Bonchev–Trinajstić information content (AvgIpc) is 2.72. The molecule has 0 aliphatic rings. The maximum Gasteiger partial charge on any atom is 0.320 e. The van der Waals surface area contributed by atoms with Crippen LogP contribution in [0.1, 0.15) is 19.5 Å². The van der Waals surface area contributed by atoms with Crippen LogP contribution in [0.2, 0.25) is 0 Å². The fourth-order valence-corrected chi connectivity index (χ4v) is 1.53. The van der Waals surface area contributed by atoms with Gasteiger partial charge in [0.15, 0.2) is 5.92 Å². The van der Waals surface area contributed by atoms with Crippen LogP contribution in [0.3, 0.4) is 0 Å². The van der Waals surface area contributed by atoms with E-state index < -0.39 is 17.9 Å². The SMILES string of the molecule is CCOC(=O)C(Cc1ccn(C)n1)C(=O)OCC. The fourth-order valence-electron chi connectivity index (χ4n) is 1.53. The van der Waals surface area contributed by atoms with Crippen molar-refractivity contribution < 1.29 is 19.1 Å². The van der Waals surface area contributed by atoms with Gasteiger partial charge in [-0.15, -0.1) is 0 Å². The topological polar surface area (TPSA) is 70.4 Å². The molecule has 0 fully saturated rings. The van der Waals surface area contributed by atoms with Crippen molar-refractivity contribution >= 4 is 11.9 Å². The Bertz CT molecular complexity index is 396. The number of nitrogens with zero attached hydrogens (tertiary/aromatic N) is 2. The van der Waals surface area contributed by atoms with E-state index in [-0.39, 0.29) is 19.6 Å². The highest BCUT2D eigenvalue weighted by Gasteiger charge is 2.30. The summed E-state index contributed by atoms with van der Waals surface area (Å²) >= 11 is 0. The minimum Gasteiger partial charge on any atom is -0.465 e. The van der Waals surface area contributed by atoms with Crippen LogP contribution in [0, 0.1) is 5.92 Å². The van der Waals surface area contributed by atoms with Crippen molar-refractivity contribution in [2.75, 3.05) is 13.2 Å². The molecule has 0 saturated carbocycles. The third-order valence-corrected chi connectivity index (χ3v) is 2.32. The smallest absolute Gasteiger partial charge is 0.320 e. The van der Waals surface area contributed by atoms with Crippen LogP contribution in [0.4, 0.5) is 0 Å². The lowest BCUT2D eigenvalue weighted by Crippen LogP contribution is -2.30. The van der Waals surface area contributed by atoms with Gasteiger partial charge in [0.05, 0.1) is 18.9 Å². The van der Waals surface area contributed by atoms with Gasteiger partial charge in [-0.1, -0.05) is 0 Å². The third-order valence-electron chi connectivity index (χ3n) is 2.32. The highest BCUT2D eigenvalue weighted by atomic mass is 16.6. The minimum atomic E-state index is -0.945. The number of ether oxygens (including phenoxy) is 2. The van der Waals surface area contributed by atoms with Crippen molar-refractivity contribution in [3.05, 3.63) is 18.0 Å². The molecule has 18 heavy (non-hydrogen) atoms. The zero-order valence-electron chi connectivity index (χ0n) is 10.9. The van der Waals surface area contributed by atoms with Crippen LogP contribution in [0.15, 0.2) is 12.3 Å². The summed E-state index contributed by atoms with van der Waals surface area (Å²) in [5.41, 5.74) is 0.656. The number of carbonyl (C=O) groups is 2. The normalized spacial score (nSPS) is 10.4. The molecular weight excluding hydrogens is 236 g/mol. The Morgan fingerprint density at radius 3 is 2.22 bits per heavy atom. The molecule has 0 aromatic carbocycles. The van der Waals surface area contributed by atoms with Crippen LogP contribution in [-0.4, -0.2) is 34.9 Å². The number of hydrogen-bond donors (Lipinski definition) is 0. The van der Waals surface area contributed by atoms with Gasteiger partial charge in [-0.05, 0) is 19.9 Å². The average molecular weight is 254 g/mol. The Morgan fingerprint density at radius 2 is 1.83 bits per heavy atom. The van der Waals surface area contributed by atoms with Crippen molar-refractivity contribution in [1.82, 2.24) is 9.78 Å². The van der Waals surface area contributed by atoms with Crippen molar-refractivity contribution in [3.8, 4) is 0 Å². The van der Waals surface area contributed by atoms with Gasteiger partial charge in [0.2, 0.25) is 0 Å². The Morgan fingerprint density at radius 1 is 1.28 bits per heavy atom. The predicted octanol–water partition coefficient (Wildman–Crippen LogP) is 0.705. The van der Waals surface area contributed by atoms with E-state index in [0.717, 1.165) is 0 Å². The highest BCUT2D eigenvalue weighted by Crippen LogP contribution is 2.11. The summed E-state index contributed by atoms with van der Waals surface area (Å²) < 4.78 is 11.4. The van der Waals surface area contributed by atoms with Crippen molar-refractivity contribution in [3.63, 3.8) is 0 Å². The van der Waals surface area contributed by atoms with Gasteiger partial charge < -0.3 is 9.47 Å². The third kappa shape index (κ3) is 3.87. The first-order valence-electron chi connectivity index (χ1n) is 5.90. The second-order valence-corrected chi connectivity index (χ2v) is 3.74. The summed E-state index contributed by atoms with van der Waals surface area (Å²) in [4.78, 5) is 23.4. The number of esters is 2. The molecule has 1 aromatic rings. The molecule has 0 N–H and O–H groups in total. The summed E-state index contributed by atoms with van der Waals surface area (Å²) in [5, 5.41) is 4.14.